The molecule has 0 bridgehead atoms. The molecule has 0 aliphatic heterocycles. The molecule has 0 spiro atoms. The second-order valence-corrected chi connectivity index (χ2v) is 6.55. The highest BCUT2D eigenvalue weighted by Crippen LogP contribution is 2.42. The zero-order chi connectivity index (χ0) is 15.0. The highest BCUT2D eigenvalue weighted by molar-refractivity contribution is 5.35. The lowest BCUT2D eigenvalue weighted by molar-refractivity contribution is -0.137. The van der Waals surface area contributed by atoms with Gasteiger partial charge in [0.25, 0.3) is 0 Å². The van der Waals surface area contributed by atoms with E-state index in [0.29, 0.717) is 17.9 Å². The monoisotopic (exact) mass is 297 g/mol. The van der Waals surface area contributed by atoms with E-state index in [-0.39, 0.29) is 0 Å². The van der Waals surface area contributed by atoms with Crippen molar-refractivity contribution in [1.82, 2.24) is 5.32 Å². The maximum absolute atomic E-state index is 12.8. The highest BCUT2D eigenvalue weighted by atomic mass is 19.4. The molecule has 2 fully saturated rings. The summed E-state index contributed by atoms with van der Waals surface area (Å²) in [6, 6.07) is 4.95. The molecular formula is C17H22F3N. The summed E-state index contributed by atoms with van der Waals surface area (Å²) in [6.45, 7) is 2.82. The van der Waals surface area contributed by atoms with Crippen molar-refractivity contribution in [2.24, 2.45) is 5.92 Å². The maximum atomic E-state index is 12.8. The fourth-order valence-electron chi connectivity index (χ4n) is 3.56. The average molecular weight is 297 g/mol. The van der Waals surface area contributed by atoms with Crippen LogP contribution in [0.5, 0.6) is 0 Å². The molecule has 3 rings (SSSR count). The summed E-state index contributed by atoms with van der Waals surface area (Å²) < 4.78 is 38.3. The van der Waals surface area contributed by atoms with Gasteiger partial charge in [-0.25, -0.2) is 0 Å². The molecule has 0 aromatic heterocycles. The van der Waals surface area contributed by atoms with E-state index in [1.807, 2.05) is 6.92 Å². The molecule has 1 aromatic rings. The first kappa shape index (κ1) is 14.9. The summed E-state index contributed by atoms with van der Waals surface area (Å²) in [4.78, 5) is 0. The summed E-state index contributed by atoms with van der Waals surface area (Å²) in [6.07, 6.45) is 1.77. The van der Waals surface area contributed by atoms with Crippen LogP contribution in [0.1, 0.15) is 54.7 Å². The predicted octanol–water partition coefficient (Wildman–Crippen LogP) is 4.65. The van der Waals surface area contributed by atoms with Gasteiger partial charge in [-0.3, -0.25) is 0 Å². The maximum Gasteiger partial charge on any atom is 0.416 e. The van der Waals surface area contributed by atoms with Crippen LogP contribution in [0.4, 0.5) is 13.2 Å². The van der Waals surface area contributed by atoms with E-state index >= 15 is 0 Å². The third kappa shape index (κ3) is 3.42. The zero-order valence-electron chi connectivity index (χ0n) is 12.3. The lowest BCUT2D eigenvalue weighted by atomic mass is 9.85. The Morgan fingerprint density at radius 1 is 1.14 bits per heavy atom. The average Bonchev–Trinajstić information content (AvgIpc) is 3.13. The molecule has 4 heteroatoms. The van der Waals surface area contributed by atoms with Crippen molar-refractivity contribution < 1.29 is 13.2 Å². The number of alkyl halides is 3. The van der Waals surface area contributed by atoms with Crippen molar-refractivity contribution in [3.8, 4) is 0 Å². The van der Waals surface area contributed by atoms with Crippen molar-refractivity contribution in [1.29, 1.82) is 0 Å². The first-order valence-electron chi connectivity index (χ1n) is 7.86. The normalized spacial score (nSPS) is 26.3. The molecule has 1 nitrogen and oxygen atoms in total. The van der Waals surface area contributed by atoms with Crippen LogP contribution in [-0.2, 0) is 6.18 Å². The van der Waals surface area contributed by atoms with Gasteiger partial charge in [-0.1, -0.05) is 12.5 Å². The lowest BCUT2D eigenvalue weighted by Gasteiger charge is -2.23. The second-order valence-electron chi connectivity index (χ2n) is 6.55. The highest BCUT2D eigenvalue weighted by Gasteiger charge is 2.34. The van der Waals surface area contributed by atoms with Crippen LogP contribution in [0, 0.1) is 12.8 Å². The second kappa shape index (κ2) is 5.64. The minimum atomic E-state index is -4.24. The Morgan fingerprint density at radius 3 is 2.52 bits per heavy atom. The molecular weight excluding hydrogens is 275 g/mol. The van der Waals surface area contributed by atoms with Crippen molar-refractivity contribution in [2.75, 3.05) is 6.54 Å². The molecule has 116 valence electrons. The van der Waals surface area contributed by atoms with Gasteiger partial charge in [0.1, 0.15) is 0 Å². The molecule has 2 aliphatic carbocycles. The fourth-order valence-corrected chi connectivity index (χ4v) is 3.56. The van der Waals surface area contributed by atoms with Crippen LogP contribution in [0.3, 0.4) is 0 Å². The summed E-state index contributed by atoms with van der Waals surface area (Å²) in [5, 5.41) is 3.57. The number of nitrogens with one attached hydrogen (secondary N) is 1. The number of benzene rings is 1. The molecule has 1 aromatic carbocycles. The van der Waals surface area contributed by atoms with Crippen LogP contribution in [0.15, 0.2) is 18.2 Å². The van der Waals surface area contributed by atoms with Gasteiger partial charge in [-0.2, -0.15) is 13.2 Å². The first-order chi connectivity index (χ1) is 9.95. The number of aryl methyl sites for hydroxylation is 1. The van der Waals surface area contributed by atoms with Gasteiger partial charge in [-0.15, -0.1) is 0 Å². The van der Waals surface area contributed by atoms with E-state index in [1.165, 1.54) is 37.8 Å². The van der Waals surface area contributed by atoms with Crippen molar-refractivity contribution >= 4 is 0 Å². The first-order valence-corrected chi connectivity index (χ1v) is 7.86. The Bertz CT molecular complexity index is 505. The summed E-state index contributed by atoms with van der Waals surface area (Å²) in [7, 11) is 0. The summed E-state index contributed by atoms with van der Waals surface area (Å²) in [5.41, 5.74) is 1.37. The lowest BCUT2D eigenvalue weighted by Crippen LogP contribution is -2.26. The molecule has 2 aliphatic rings. The molecule has 2 unspecified atom stereocenters. The van der Waals surface area contributed by atoms with Crippen molar-refractivity contribution in [3.05, 3.63) is 34.9 Å². The third-order valence-electron chi connectivity index (χ3n) is 4.90. The van der Waals surface area contributed by atoms with Crippen LogP contribution in [0.2, 0.25) is 0 Å². The minimum absolute atomic E-state index is 0.415. The molecule has 2 saturated carbocycles. The van der Waals surface area contributed by atoms with Gasteiger partial charge in [0, 0.05) is 6.04 Å². The van der Waals surface area contributed by atoms with Crippen LogP contribution in [-0.4, -0.2) is 12.6 Å². The van der Waals surface area contributed by atoms with E-state index in [2.05, 4.69) is 5.32 Å². The summed E-state index contributed by atoms with van der Waals surface area (Å²) in [5.74, 6) is 0.986. The predicted molar refractivity (Wildman–Crippen MR) is 77.3 cm³/mol. The van der Waals surface area contributed by atoms with E-state index in [1.54, 1.807) is 6.07 Å². The fraction of sp³-hybridized carbons (Fsp3) is 0.647. The summed E-state index contributed by atoms with van der Waals surface area (Å²) >= 11 is 0. The Kier molecular flexibility index (Phi) is 4.00. The van der Waals surface area contributed by atoms with Gasteiger partial charge >= 0.3 is 6.18 Å². The van der Waals surface area contributed by atoms with Crippen LogP contribution < -0.4 is 5.32 Å². The quantitative estimate of drug-likeness (QED) is 0.853. The van der Waals surface area contributed by atoms with Gasteiger partial charge < -0.3 is 5.32 Å². The topological polar surface area (TPSA) is 12.0 Å². The molecule has 0 saturated heterocycles. The Balaban J connectivity index is 1.75. The van der Waals surface area contributed by atoms with Gasteiger partial charge in [-0.05, 0) is 74.2 Å². The number of rotatable bonds is 4. The van der Waals surface area contributed by atoms with E-state index in [0.717, 1.165) is 24.1 Å². The van der Waals surface area contributed by atoms with E-state index in [9.17, 15) is 13.2 Å². The Morgan fingerprint density at radius 2 is 1.90 bits per heavy atom. The van der Waals surface area contributed by atoms with E-state index in [4.69, 9.17) is 0 Å². The van der Waals surface area contributed by atoms with Crippen LogP contribution >= 0.6 is 0 Å². The SMILES string of the molecule is Cc1cc(C(F)(F)F)ccc1C1CCCC1CNC1CC1. The molecule has 0 amide bonds. The van der Waals surface area contributed by atoms with Crippen LogP contribution in [0.25, 0.3) is 0 Å². The standard InChI is InChI=1S/C17H22F3N/c1-11-9-13(17(18,19)20)5-8-15(11)16-4-2-3-12(16)10-21-14-6-7-14/h5,8-9,12,14,16,21H,2-4,6-7,10H2,1H3. The van der Waals surface area contributed by atoms with Gasteiger partial charge in [0.05, 0.1) is 5.56 Å². The van der Waals surface area contributed by atoms with Gasteiger partial charge in [0.2, 0.25) is 0 Å². The Labute approximate surface area is 123 Å². The number of hydrogen-bond donors (Lipinski definition) is 1. The minimum Gasteiger partial charge on any atom is -0.314 e. The zero-order valence-corrected chi connectivity index (χ0v) is 12.3. The number of halogens is 3. The molecule has 21 heavy (non-hydrogen) atoms. The van der Waals surface area contributed by atoms with Gasteiger partial charge in [0.15, 0.2) is 0 Å². The van der Waals surface area contributed by atoms with Crippen molar-refractivity contribution in [2.45, 2.75) is 57.2 Å². The molecule has 1 N–H and O–H groups in total. The number of hydrogen-bond acceptors (Lipinski definition) is 1. The third-order valence-corrected chi connectivity index (χ3v) is 4.90. The largest absolute Gasteiger partial charge is 0.416 e. The molecule has 0 heterocycles. The molecule has 2 atom stereocenters. The van der Waals surface area contributed by atoms with Crippen molar-refractivity contribution in [3.63, 3.8) is 0 Å². The van der Waals surface area contributed by atoms with E-state index < -0.39 is 11.7 Å². The smallest absolute Gasteiger partial charge is 0.314 e. The Hall–Kier alpha value is -1.03. The molecule has 0 radical (unpaired) electrons.